The lowest BCUT2D eigenvalue weighted by Crippen LogP contribution is -2.18. The lowest BCUT2D eigenvalue weighted by Gasteiger charge is -2.26. The highest BCUT2D eigenvalue weighted by Gasteiger charge is 2.24. The number of hydrogen-bond acceptors (Lipinski definition) is 8. The normalized spacial score (nSPS) is 11.8. The Bertz CT molecular complexity index is 1690. The molecule has 196 valence electrons. The quantitative estimate of drug-likeness (QED) is 0.206. The van der Waals surface area contributed by atoms with Gasteiger partial charge in [0.25, 0.3) is 0 Å². The summed E-state index contributed by atoms with van der Waals surface area (Å²) in [5.41, 5.74) is 4.48. The number of ether oxygens (including phenoxy) is 2. The minimum absolute atomic E-state index is 0.219. The Kier molecular flexibility index (Phi) is 6.32. The van der Waals surface area contributed by atoms with Crippen LogP contribution < -0.4 is 9.47 Å². The van der Waals surface area contributed by atoms with Crippen molar-refractivity contribution in [3.8, 4) is 23.3 Å². The summed E-state index contributed by atoms with van der Waals surface area (Å²) in [4.78, 5) is 22.0. The van der Waals surface area contributed by atoms with E-state index in [2.05, 4.69) is 85.7 Å². The van der Waals surface area contributed by atoms with E-state index in [-0.39, 0.29) is 5.41 Å². The zero-order valence-corrected chi connectivity index (χ0v) is 24.3. The molecular formula is C31H28N4O2S2. The van der Waals surface area contributed by atoms with E-state index >= 15 is 0 Å². The third-order valence-electron chi connectivity index (χ3n) is 7.44. The Morgan fingerprint density at radius 3 is 1.33 bits per heavy atom. The van der Waals surface area contributed by atoms with Crippen LogP contribution in [0, 0.1) is 27.7 Å². The number of hydrogen-bond donors (Lipinski definition) is 0. The van der Waals surface area contributed by atoms with Gasteiger partial charge in [-0.15, -0.1) is 22.7 Å². The molecule has 0 atom stereocenters. The second kappa shape index (κ2) is 9.70. The van der Waals surface area contributed by atoms with E-state index in [0.29, 0.717) is 11.8 Å². The average molecular weight is 553 g/mol. The van der Waals surface area contributed by atoms with Crippen molar-refractivity contribution < 1.29 is 9.47 Å². The van der Waals surface area contributed by atoms with Crippen LogP contribution in [-0.4, -0.2) is 19.9 Å². The smallest absolute Gasteiger partial charge is 0.231 e. The molecule has 2 aromatic carbocycles. The fraction of sp³-hybridized carbons (Fsp3) is 0.226. The summed E-state index contributed by atoms with van der Waals surface area (Å²) in [5.74, 6) is 2.68. The molecule has 4 aromatic heterocycles. The Labute approximate surface area is 235 Å². The van der Waals surface area contributed by atoms with Gasteiger partial charge in [0.1, 0.15) is 33.8 Å². The van der Waals surface area contributed by atoms with Gasteiger partial charge in [0, 0.05) is 15.2 Å². The number of nitrogens with zero attached hydrogens (tertiary/aromatic N) is 4. The van der Waals surface area contributed by atoms with Crippen molar-refractivity contribution in [2.75, 3.05) is 0 Å². The molecule has 6 aromatic rings. The molecule has 6 rings (SSSR count). The first-order valence-corrected chi connectivity index (χ1v) is 14.3. The molecule has 0 bridgehead atoms. The van der Waals surface area contributed by atoms with Gasteiger partial charge in [0.05, 0.1) is 10.8 Å². The van der Waals surface area contributed by atoms with Crippen molar-refractivity contribution in [2.45, 2.75) is 47.0 Å². The van der Waals surface area contributed by atoms with Gasteiger partial charge < -0.3 is 9.47 Å². The highest BCUT2D eigenvalue weighted by atomic mass is 32.1. The molecule has 0 saturated carbocycles. The van der Waals surface area contributed by atoms with E-state index in [1.807, 2.05) is 24.3 Å². The molecule has 6 nitrogen and oxygen atoms in total. The third kappa shape index (κ3) is 4.53. The van der Waals surface area contributed by atoms with Gasteiger partial charge in [0.2, 0.25) is 11.8 Å². The predicted molar refractivity (Wildman–Crippen MR) is 159 cm³/mol. The zero-order valence-electron chi connectivity index (χ0n) is 22.7. The second-order valence-electron chi connectivity index (χ2n) is 10.2. The van der Waals surface area contributed by atoms with Gasteiger partial charge >= 0.3 is 0 Å². The number of aromatic nitrogens is 4. The van der Waals surface area contributed by atoms with Crippen molar-refractivity contribution in [3.05, 3.63) is 93.2 Å². The number of fused-ring (bicyclic) bond motifs is 2. The molecule has 4 heterocycles. The average Bonchev–Trinajstić information content (AvgIpc) is 3.39. The van der Waals surface area contributed by atoms with E-state index < -0.39 is 0 Å². The molecule has 0 radical (unpaired) electrons. The summed E-state index contributed by atoms with van der Waals surface area (Å²) in [6.07, 6.45) is 3.13. The molecule has 0 saturated heterocycles. The fourth-order valence-corrected chi connectivity index (χ4v) is 6.70. The first-order valence-electron chi connectivity index (χ1n) is 12.7. The standard InChI is InChI=1S/C31H28N4O2S2/c1-17-19(3)38-29-25(17)27(32-15-34-29)36-23-11-7-21(8-12-23)31(5,6)22-9-13-24(14-10-22)37-28-26-18(2)20(4)39-30(26)35-16-33-28/h7-16H,1-6H3. The van der Waals surface area contributed by atoms with Crippen LogP contribution in [0.25, 0.3) is 20.4 Å². The molecule has 0 amide bonds. The summed E-state index contributed by atoms with van der Waals surface area (Å²) in [5, 5.41) is 1.97. The maximum atomic E-state index is 6.20. The summed E-state index contributed by atoms with van der Waals surface area (Å²) in [6.45, 7) is 12.8. The number of benzene rings is 2. The number of thiophene rings is 2. The van der Waals surface area contributed by atoms with Crippen molar-refractivity contribution in [3.63, 3.8) is 0 Å². The topological polar surface area (TPSA) is 70.0 Å². The Balaban J connectivity index is 1.21. The molecule has 0 aliphatic rings. The van der Waals surface area contributed by atoms with Crippen LogP contribution in [0.3, 0.4) is 0 Å². The van der Waals surface area contributed by atoms with E-state index in [0.717, 1.165) is 31.9 Å². The van der Waals surface area contributed by atoms with E-state index in [1.54, 1.807) is 35.3 Å². The highest BCUT2D eigenvalue weighted by Crippen LogP contribution is 2.39. The third-order valence-corrected chi connectivity index (χ3v) is 9.67. The Morgan fingerprint density at radius 2 is 0.949 bits per heavy atom. The summed E-state index contributed by atoms with van der Waals surface area (Å²) in [7, 11) is 0. The lowest BCUT2D eigenvalue weighted by molar-refractivity contribution is 0.467. The van der Waals surface area contributed by atoms with Crippen LogP contribution >= 0.6 is 22.7 Å². The summed E-state index contributed by atoms with van der Waals surface area (Å²) < 4.78 is 12.4. The Hall–Kier alpha value is -3.88. The van der Waals surface area contributed by atoms with Gasteiger partial charge in [-0.05, 0) is 74.2 Å². The predicted octanol–water partition coefficient (Wildman–Crippen LogP) is 8.84. The van der Waals surface area contributed by atoms with Gasteiger partial charge in [-0.3, -0.25) is 0 Å². The molecule has 0 aliphatic carbocycles. The fourth-order valence-electron chi connectivity index (χ4n) is 4.72. The van der Waals surface area contributed by atoms with Gasteiger partial charge in [-0.1, -0.05) is 38.1 Å². The maximum absolute atomic E-state index is 6.20. The zero-order chi connectivity index (χ0) is 27.3. The van der Waals surface area contributed by atoms with Crippen LogP contribution in [0.15, 0.2) is 61.2 Å². The van der Waals surface area contributed by atoms with Crippen LogP contribution in [0.1, 0.15) is 45.9 Å². The largest absolute Gasteiger partial charge is 0.438 e. The highest BCUT2D eigenvalue weighted by molar-refractivity contribution is 7.19. The summed E-state index contributed by atoms with van der Waals surface area (Å²) >= 11 is 3.33. The molecule has 0 fully saturated rings. The molecule has 0 spiro atoms. The van der Waals surface area contributed by atoms with Gasteiger partial charge in [0.15, 0.2) is 0 Å². The monoisotopic (exact) mass is 552 g/mol. The van der Waals surface area contributed by atoms with Crippen LogP contribution in [0.4, 0.5) is 0 Å². The van der Waals surface area contributed by atoms with Gasteiger partial charge in [-0.25, -0.2) is 19.9 Å². The second-order valence-corrected chi connectivity index (χ2v) is 12.6. The first-order chi connectivity index (χ1) is 18.7. The Morgan fingerprint density at radius 1 is 0.564 bits per heavy atom. The van der Waals surface area contributed by atoms with Crippen molar-refractivity contribution in [2.24, 2.45) is 0 Å². The van der Waals surface area contributed by atoms with E-state index in [9.17, 15) is 0 Å². The minimum atomic E-state index is -0.219. The SMILES string of the molecule is Cc1sc2ncnc(Oc3ccc(C(C)(C)c4ccc(Oc5ncnc6sc(C)c(C)c56)cc4)cc3)c2c1C. The molecule has 8 heteroatoms. The number of rotatable bonds is 6. The lowest BCUT2D eigenvalue weighted by atomic mass is 9.78. The molecule has 39 heavy (non-hydrogen) atoms. The minimum Gasteiger partial charge on any atom is -0.438 e. The summed E-state index contributed by atoms with van der Waals surface area (Å²) in [6, 6.07) is 16.5. The van der Waals surface area contributed by atoms with Crippen LogP contribution in [0.2, 0.25) is 0 Å². The van der Waals surface area contributed by atoms with Gasteiger partial charge in [-0.2, -0.15) is 0 Å². The molecule has 0 unspecified atom stereocenters. The van der Waals surface area contributed by atoms with E-state index in [1.165, 1.54) is 32.0 Å². The molecule has 0 aliphatic heterocycles. The number of aryl methyl sites for hydroxylation is 4. The van der Waals surface area contributed by atoms with Crippen molar-refractivity contribution in [1.82, 2.24) is 19.9 Å². The van der Waals surface area contributed by atoms with Crippen LogP contribution in [-0.2, 0) is 5.41 Å². The van der Waals surface area contributed by atoms with E-state index in [4.69, 9.17) is 9.47 Å². The maximum Gasteiger partial charge on any atom is 0.231 e. The molecular weight excluding hydrogens is 525 g/mol. The van der Waals surface area contributed by atoms with Crippen LogP contribution in [0.5, 0.6) is 23.3 Å². The van der Waals surface area contributed by atoms with Crippen molar-refractivity contribution >= 4 is 43.1 Å². The van der Waals surface area contributed by atoms with Crippen molar-refractivity contribution in [1.29, 1.82) is 0 Å². The first kappa shape index (κ1) is 25.4. The molecule has 0 N–H and O–H groups in total.